The van der Waals surface area contributed by atoms with Gasteiger partial charge >= 0.3 is 5.97 Å². The van der Waals surface area contributed by atoms with Crippen LogP contribution in [0.1, 0.15) is 10.4 Å². The number of hydrogen-bond acceptors (Lipinski definition) is 1. The number of hydrogen-bond donors (Lipinski definition) is 1. The second-order valence-electron chi connectivity index (χ2n) is 3.56. The van der Waals surface area contributed by atoms with E-state index < -0.39 is 23.2 Å². The lowest BCUT2D eigenvalue weighted by Crippen LogP contribution is -2.02. The summed E-state index contributed by atoms with van der Waals surface area (Å²) in [7, 11) is 0. The highest BCUT2D eigenvalue weighted by Crippen LogP contribution is 2.32. The van der Waals surface area contributed by atoms with E-state index in [1.807, 2.05) is 0 Å². The maximum Gasteiger partial charge on any atom is 0.337 e. The summed E-state index contributed by atoms with van der Waals surface area (Å²) in [4.78, 5) is 11.1. The summed E-state index contributed by atoms with van der Waals surface area (Å²) in [6, 6.07) is 7.44. The number of carboxylic acids is 1. The molecule has 5 heteroatoms. The average molecular weight is 269 g/mol. The molecule has 0 aliphatic rings. The summed E-state index contributed by atoms with van der Waals surface area (Å²) in [5.74, 6) is -3.00. The van der Waals surface area contributed by atoms with Crippen LogP contribution in [0.3, 0.4) is 0 Å². The van der Waals surface area contributed by atoms with Gasteiger partial charge in [-0.05, 0) is 18.2 Å². The van der Waals surface area contributed by atoms with Gasteiger partial charge in [0, 0.05) is 5.56 Å². The van der Waals surface area contributed by atoms with Crippen molar-refractivity contribution in [2.24, 2.45) is 0 Å². The number of carbonyl (C=O) groups is 1. The third-order valence-electron chi connectivity index (χ3n) is 2.46. The monoisotopic (exact) mass is 268 g/mol. The van der Waals surface area contributed by atoms with Crippen molar-refractivity contribution in [1.82, 2.24) is 0 Å². The van der Waals surface area contributed by atoms with Gasteiger partial charge in [-0.25, -0.2) is 13.6 Å². The summed E-state index contributed by atoms with van der Waals surface area (Å²) in [5, 5.41) is 8.99. The molecule has 0 amide bonds. The van der Waals surface area contributed by atoms with Gasteiger partial charge in [-0.2, -0.15) is 0 Å². The fraction of sp³-hybridized carbons (Fsp3) is 0. The van der Waals surface area contributed by atoms with Crippen LogP contribution in [0.2, 0.25) is 5.02 Å². The molecule has 0 saturated heterocycles. The van der Waals surface area contributed by atoms with Gasteiger partial charge in [0.1, 0.15) is 11.6 Å². The van der Waals surface area contributed by atoms with E-state index in [4.69, 9.17) is 16.7 Å². The van der Waals surface area contributed by atoms with Gasteiger partial charge in [-0.3, -0.25) is 0 Å². The molecule has 0 aliphatic carbocycles. The molecule has 0 fully saturated rings. The fourth-order valence-corrected chi connectivity index (χ4v) is 1.96. The Labute approximate surface area is 106 Å². The van der Waals surface area contributed by atoms with Gasteiger partial charge in [-0.1, -0.05) is 29.8 Å². The van der Waals surface area contributed by atoms with Gasteiger partial charge in [-0.15, -0.1) is 0 Å². The van der Waals surface area contributed by atoms with Crippen molar-refractivity contribution in [3.05, 3.63) is 58.6 Å². The normalized spacial score (nSPS) is 10.4. The third kappa shape index (κ3) is 2.07. The molecule has 2 rings (SSSR count). The molecule has 18 heavy (non-hydrogen) atoms. The van der Waals surface area contributed by atoms with Crippen molar-refractivity contribution >= 4 is 17.6 Å². The smallest absolute Gasteiger partial charge is 0.337 e. The zero-order valence-corrected chi connectivity index (χ0v) is 9.71. The van der Waals surface area contributed by atoms with Crippen LogP contribution in [0.25, 0.3) is 11.1 Å². The molecule has 92 valence electrons. The van der Waals surface area contributed by atoms with Crippen molar-refractivity contribution in [2.45, 2.75) is 0 Å². The maximum atomic E-state index is 13.6. The van der Waals surface area contributed by atoms with E-state index >= 15 is 0 Å². The first-order valence-electron chi connectivity index (χ1n) is 4.98. The minimum Gasteiger partial charge on any atom is -0.478 e. The van der Waals surface area contributed by atoms with Crippen LogP contribution in [0, 0.1) is 11.6 Å². The highest BCUT2D eigenvalue weighted by Gasteiger charge is 2.20. The molecule has 0 aromatic heterocycles. The Bertz CT molecular complexity index is 606. The fourth-order valence-electron chi connectivity index (χ4n) is 1.70. The highest BCUT2D eigenvalue weighted by atomic mass is 35.5. The van der Waals surface area contributed by atoms with E-state index in [0.717, 1.165) is 12.1 Å². The first kappa shape index (κ1) is 12.5. The maximum absolute atomic E-state index is 13.6. The Hall–Kier alpha value is -1.94. The first-order valence-corrected chi connectivity index (χ1v) is 5.36. The Morgan fingerprint density at radius 1 is 1.06 bits per heavy atom. The molecule has 1 N–H and O–H groups in total. The Kier molecular flexibility index (Phi) is 3.30. The van der Waals surface area contributed by atoms with Crippen LogP contribution in [-0.2, 0) is 0 Å². The predicted octanol–water partition coefficient (Wildman–Crippen LogP) is 3.98. The molecule has 0 heterocycles. The Balaban J connectivity index is 2.80. The molecule has 0 aliphatic heterocycles. The Morgan fingerprint density at radius 3 is 2.17 bits per heavy atom. The van der Waals surface area contributed by atoms with Gasteiger partial charge < -0.3 is 5.11 Å². The topological polar surface area (TPSA) is 37.3 Å². The molecular weight excluding hydrogens is 262 g/mol. The van der Waals surface area contributed by atoms with E-state index in [-0.39, 0.29) is 16.1 Å². The molecule has 0 unspecified atom stereocenters. The molecule has 0 bridgehead atoms. The lowest BCUT2D eigenvalue weighted by Gasteiger charge is -2.09. The molecular formula is C13H7ClF2O2. The zero-order chi connectivity index (χ0) is 13.3. The van der Waals surface area contributed by atoms with Gasteiger partial charge in [0.15, 0.2) is 0 Å². The Morgan fingerprint density at radius 2 is 1.61 bits per heavy atom. The van der Waals surface area contributed by atoms with Crippen LogP contribution < -0.4 is 0 Å². The third-order valence-corrected chi connectivity index (χ3v) is 2.77. The minimum absolute atomic E-state index is 0.0670. The molecule has 0 spiro atoms. The van der Waals surface area contributed by atoms with Crippen molar-refractivity contribution in [1.29, 1.82) is 0 Å². The summed E-state index contributed by atoms with van der Waals surface area (Å²) < 4.78 is 27.3. The lowest BCUT2D eigenvalue weighted by molar-refractivity contribution is 0.0698. The minimum atomic E-state index is -1.33. The summed E-state index contributed by atoms with van der Waals surface area (Å²) in [6.07, 6.45) is 0. The quantitative estimate of drug-likeness (QED) is 0.894. The summed E-state index contributed by atoms with van der Waals surface area (Å²) in [5.41, 5.74) is -0.786. The van der Waals surface area contributed by atoms with Crippen molar-refractivity contribution in [2.75, 3.05) is 0 Å². The average Bonchev–Trinajstić information content (AvgIpc) is 2.28. The predicted molar refractivity (Wildman–Crippen MR) is 63.8 cm³/mol. The van der Waals surface area contributed by atoms with Crippen LogP contribution in [-0.4, -0.2) is 11.1 Å². The summed E-state index contributed by atoms with van der Waals surface area (Å²) >= 11 is 5.75. The number of benzene rings is 2. The van der Waals surface area contributed by atoms with Crippen molar-refractivity contribution in [3.63, 3.8) is 0 Å². The van der Waals surface area contributed by atoms with Crippen LogP contribution >= 0.6 is 11.6 Å². The van der Waals surface area contributed by atoms with E-state index in [0.29, 0.717) is 0 Å². The second-order valence-corrected chi connectivity index (χ2v) is 3.97. The molecule has 0 saturated carbocycles. The van der Waals surface area contributed by atoms with E-state index in [9.17, 15) is 13.6 Å². The first-order chi connectivity index (χ1) is 8.52. The van der Waals surface area contributed by atoms with Crippen LogP contribution in [0.4, 0.5) is 8.78 Å². The number of halogens is 3. The standard InChI is InChI=1S/C13H7ClF2O2/c14-8-4-1-3-7(11(8)13(17)18)12-9(15)5-2-6-10(12)16/h1-6H,(H,17,18). The van der Waals surface area contributed by atoms with E-state index in [1.165, 1.54) is 24.3 Å². The molecule has 0 radical (unpaired) electrons. The van der Waals surface area contributed by atoms with Gasteiger partial charge in [0.25, 0.3) is 0 Å². The van der Waals surface area contributed by atoms with E-state index in [1.54, 1.807) is 0 Å². The lowest BCUT2D eigenvalue weighted by atomic mass is 9.98. The molecule has 2 nitrogen and oxygen atoms in total. The second kappa shape index (κ2) is 4.74. The van der Waals surface area contributed by atoms with E-state index in [2.05, 4.69) is 0 Å². The zero-order valence-electron chi connectivity index (χ0n) is 8.95. The van der Waals surface area contributed by atoms with Gasteiger partial charge in [0.05, 0.1) is 16.1 Å². The van der Waals surface area contributed by atoms with Crippen LogP contribution in [0.15, 0.2) is 36.4 Å². The van der Waals surface area contributed by atoms with Crippen molar-refractivity contribution in [3.8, 4) is 11.1 Å². The highest BCUT2D eigenvalue weighted by molar-refractivity contribution is 6.34. The van der Waals surface area contributed by atoms with Crippen LogP contribution in [0.5, 0.6) is 0 Å². The number of aromatic carboxylic acids is 1. The molecule has 0 atom stereocenters. The summed E-state index contributed by atoms with van der Waals surface area (Å²) in [6.45, 7) is 0. The van der Waals surface area contributed by atoms with Gasteiger partial charge in [0.2, 0.25) is 0 Å². The number of carboxylic acid groups (broad SMARTS) is 1. The van der Waals surface area contributed by atoms with Crippen molar-refractivity contribution < 1.29 is 18.7 Å². The molecule has 2 aromatic carbocycles. The molecule has 2 aromatic rings. The number of rotatable bonds is 2. The SMILES string of the molecule is O=C(O)c1c(Cl)cccc1-c1c(F)cccc1F. The largest absolute Gasteiger partial charge is 0.478 e.